The lowest BCUT2D eigenvalue weighted by Crippen LogP contribution is -2.13. The van der Waals surface area contributed by atoms with Gasteiger partial charge < -0.3 is 4.98 Å². The average molecular weight is 216 g/mol. The number of aromatic amines is 1. The number of aryl methyl sites for hydroxylation is 2. The molecule has 1 heterocycles. The largest absolute Gasteiger partial charge is 0.326 e. The molecule has 0 aliphatic heterocycles. The second kappa shape index (κ2) is 3.22. The monoisotopic (exact) mass is 215 g/mol. The molecule has 1 aromatic heterocycles. The molecule has 0 amide bonds. The van der Waals surface area contributed by atoms with Crippen LogP contribution in [0.15, 0.2) is 10.9 Å². The van der Waals surface area contributed by atoms with E-state index in [2.05, 4.69) is 20.9 Å². The SMILES string of the molecule is Cc1cc(C)c(CBr)c(=O)[nH]1. The maximum atomic E-state index is 11.2. The predicted molar refractivity (Wildman–Crippen MR) is 49.2 cm³/mol. The highest BCUT2D eigenvalue weighted by Gasteiger charge is 2.01. The Morgan fingerprint density at radius 1 is 1.55 bits per heavy atom. The van der Waals surface area contributed by atoms with Crippen LogP contribution in [0.5, 0.6) is 0 Å². The van der Waals surface area contributed by atoms with Crippen molar-refractivity contribution in [1.29, 1.82) is 0 Å². The Hall–Kier alpha value is -0.570. The van der Waals surface area contributed by atoms with E-state index in [1.807, 2.05) is 19.9 Å². The third kappa shape index (κ3) is 1.71. The Kier molecular flexibility index (Phi) is 2.49. The molecular weight excluding hydrogens is 206 g/mol. The Balaban J connectivity index is 3.37. The quantitative estimate of drug-likeness (QED) is 0.714. The van der Waals surface area contributed by atoms with Gasteiger partial charge in [-0.1, -0.05) is 15.9 Å². The van der Waals surface area contributed by atoms with Crippen LogP contribution >= 0.6 is 15.9 Å². The van der Waals surface area contributed by atoms with Crippen molar-refractivity contribution in [3.05, 3.63) is 33.2 Å². The average Bonchev–Trinajstić information content (AvgIpc) is 1.85. The normalized spacial score (nSPS) is 10.1. The van der Waals surface area contributed by atoms with Crippen LogP contribution in [0, 0.1) is 13.8 Å². The molecule has 3 heteroatoms. The predicted octanol–water partition coefficient (Wildman–Crippen LogP) is 1.89. The first-order chi connectivity index (χ1) is 5.15. The van der Waals surface area contributed by atoms with E-state index < -0.39 is 0 Å². The Morgan fingerprint density at radius 3 is 2.64 bits per heavy atom. The maximum Gasteiger partial charge on any atom is 0.252 e. The number of nitrogens with one attached hydrogen (secondary N) is 1. The van der Waals surface area contributed by atoms with E-state index in [0.717, 1.165) is 16.8 Å². The van der Waals surface area contributed by atoms with Crippen LogP contribution < -0.4 is 5.56 Å². The van der Waals surface area contributed by atoms with Crippen molar-refractivity contribution in [3.63, 3.8) is 0 Å². The van der Waals surface area contributed by atoms with Gasteiger partial charge in [-0.05, 0) is 25.5 Å². The summed E-state index contributed by atoms with van der Waals surface area (Å²) in [6, 6.07) is 1.97. The lowest BCUT2D eigenvalue weighted by Gasteiger charge is -2.00. The van der Waals surface area contributed by atoms with Gasteiger partial charge >= 0.3 is 0 Å². The number of hydrogen-bond acceptors (Lipinski definition) is 1. The van der Waals surface area contributed by atoms with Crippen molar-refractivity contribution in [3.8, 4) is 0 Å². The summed E-state index contributed by atoms with van der Waals surface area (Å²) >= 11 is 3.26. The minimum Gasteiger partial charge on any atom is -0.326 e. The number of alkyl halides is 1. The molecule has 0 aliphatic rings. The molecular formula is C8H10BrNO. The van der Waals surface area contributed by atoms with Crippen LogP contribution in [0.2, 0.25) is 0 Å². The molecule has 1 N–H and O–H groups in total. The summed E-state index contributed by atoms with van der Waals surface area (Å²) < 4.78 is 0. The summed E-state index contributed by atoms with van der Waals surface area (Å²) in [4.78, 5) is 14.0. The van der Waals surface area contributed by atoms with Gasteiger partial charge in [-0.2, -0.15) is 0 Å². The highest BCUT2D eigenvalue weighted by molar-refractivity contribution is 9.08. The fourth-order valence-corrected chi connectivity index (χ4v) is 1.74. The number of H-pyrrole nitrogens is 1. The van der Waals surface area contributed by atoms with Gasteiger partial charge in [0.1, 0.15) is 0 Å². The van der Waals surface area contributed by atoms with Crippen molar-refractivity contribution < 1.29 is 0 Å². The molecule has 0 aliphatic carbocycles. The summed E-state index contributed by atoms with van der Waals surface area (Å²) in [5.41, 5.74) is 2.79. The molecule has 0 atom stereocenters. The van der Waals surface area contributed by atoms with Crippen LogP contribution in [-0.4, -0.2) is 4.98 Å². The topological polar surface area (TPSA) is 32.9 Å². The molecule has 0 bridgehead atoms. The van der Waals surface area contributed by atoms with Crippen LogP contribution in [0.1, 0.15) is 16.8 Å². The van der Waals surface area contributed by atoms with Gasteiger partial charge in [-0.3, -0.25) is 4.79 Å². The van der Waals surface area contributed by atoms with Crippen molar-refractivity contribution >= 4 is 15.9 Å². The Morgan fingerprint density at radius 2 is 2.18 bits per heavy atom. The standard InChI is InChI=1S/C8H10BrNO/c1-5-3-6(2)10-8(11)7(5)4-9/h3H,4H2,1-2H3,(H,10,11). The fraction of sp³-hybridized carbons (Fsp3) is 0.375. The zero-order valence-corrected chi connectivity index (χ0v) is 8.16. The molecule has 0 radical (unpaired) electrons. The highest BCUT2D eigenvalue weighted by atomic mass is 79.9. The number of halogens is 1. The number of rotatable bonds is 1. The van der Waals surface area contributed by atoms with E-state index >= 15 is 0 Å². The fourth-order valence-electron chi connectivity index (χ4n) is 1.05. The van der Waals surface area contributed by atoms with Crippen molar-refractivity contribution in [2.45, 2.75) is 19.2 Å². The zero-order valence-electron chi connectivity index (χ0n) is 6.57. The number of pyridine rings is 1. The van der Waals surface area contributed by atoms with E-state index in [1.165, 1.54) is 0 Å². The molecule has 0 saturated heterocycles. The van der Waals surface area contributed by atoms with E-state index in [-0.39, 0.29) is 5.56 Å². The summed E-state index contributed by atoms with van der Waals surface area (Å²) in [5, 5.41) is 0.619. The molecule has 1 aromatic rings. The molecule has 0 saturated carbocycles. The van der Waals surface area contributed by atoms with Gasteiger partial charge in [0, 0.05) is 16.6 Å². The summed E-state index contributed by atoms with van der Waals surface area (Å²) in [7, 11) is 0. The second-order valence-corrected chi connectivity index (χ2v) is 3.14. The first-order valence-electron chi connectivity index (χ1n) is 3.40. The molecule has 1 rings (SSSR count). The van der Waals surface area contributed by atoms with Gasteiger partial charge in [0.25, 0.3) is 5.56 Å². The van der Waals surface area contributed by atoms with E-state index in [1.54, 1.807) is 0 Å². The van der Waals surface area contributed by atoms with E-state index in [9.17, 15) is 4.79 Å². The van der Waals surface area contributed by atoms with Crippen molar-refractivity contribution in [2.75, 3.05) is 0 Å². The van der Waals surface area contributed by atoms with Gasteiger partial charge in [-0.15, -0.1) is 0 Å². The van der Waals surface area contributed by atoms with Gasteiger partial charge in [0.2, 0.25) is 0 Å². The second-order valence-electron chi connectivity index (χ2n) is 2.58. The van der Waals surface area contributed by atoms with Crippen molar-refractivity contribution in [1.82, 2.24) is 4.98 Å². The van der Waals surface area contributed by atoms with Crippen LogP contribution in [0.4, 0.5) is 0 Å². The Bertz CT molecular complexity index is 316. The van der Waals surface area contributed by atoms with Gasteiger partial charge in [-0.25, -0.2) is 0 Å². The first-order valence-corrected chi connectivity index (χ1v) is 4.52. The minimum absolute atomic E-state index is 0.0133. The highest BCUT2D eigenvalue weighted by Crippen LogP contribution is 2.06. The lowest BCUT2D eigenvalue weighted by molar-refractivity contribution is 1.08. The van der Waals surface area contributed by atoms with E-state index in [4.69, 9.17) is 0 Å². The summed E-state index contributed by atoms with van der Waals surface area (Å²) in [6.45, 7) is 3.82. The maximum absolute atomic E-state index is 11.2. The van der Waals surface area contributed by atoms with Crippen molar-refractivity contribution in [2.24, 2.45) is 0 Å². The zero-order chi connectivity index (χ0) is 8.43. The Labute approximate surface area is 73.8 Å². The molecule has 0 fully saturated rings. The molecule has 60 valence electrons. The van der Waals surface area contributed by atoms with Gasteiger partial charge in [0.15, 0.2) is 0 Å². The van der Waals surface area contributed by atoms with Crippen LogP contribution in [0.3, 0.4) is 0 Å². The summed E-state index contributed by atoms with van der Waals surface area (Å²) in [6.07, 6.45) is 0. The van der Waals surface area contributed by atoms with Crippen LogP contribution in [-0.2, 0) is 5.33 Å². The van der Waals surface area contributed by atoms with E-state index in [0.29, 0.717) is 5.33 Å². The third-order valence-corrected chi connectivity index (χ3v) is 2.19. The van der Waals surface area contributed by atoms with Gasteiger partial charge in [0.05, 0.1) is 0 Å². The smallest absolute Gasteiger partial charge is 0.252 e. The number of hydrogen-bond donors (Lipinski definition) is 1. The molecule has 0 spiro atoms. The molecule has 11 heavy (non-hydrogen) atoms. The molecule has 0 aromatic carbocycles. The first kappa shape index (κ1) is 8.53. The minimum atomic E-state index is 0.0133. The summed E-state index contributed by atoms with van der Waals surface area (Å²) in [5.74, 6) is 0. The number of aromatic nitrogens is 1. The third-order valence-electron chi connectivity index (χ3n) is 1.63. The van der Waals surface area contributed by atoms with Crippen LogP contribution in [0.25, 0.3) is 0 Å². The lowest BCUT2D eigenvalue weighted by atomic mass is 10.1. The molecule has 0 unspecified atom stereocenters. The molecule has 2 nitrogen and oxygen atoms in total.